The van der Waals surface area contributed by atoms with Gasteiger partial charge in [-0.3, -0.25) is 0 Å². The number of nitrogens with one attached hydrogen (secondary N) is 1. The smallest absolute Gasteiger partial charge is 0.238 e. The Bertz CT molecular complexity index is 606. The van der Waals surface area contributed by atoms with E-state index in [1.54, 1.807) is 6.07 Å². The van der Waals surface area contributed by atoms with Gasteiger partial charge in [0.05, 0.1) is 36.0 Å². The van der Waals surface area contributed by atoms with Crippen LogP contribution in [-0.2, 0) is 9.47 Å². The Morgan fingerprint density at radius 3 is 2.67 bits per heavy atom. The first-order valence-corrected chi connectivity index (χ1v) is 6.59. The molecule has 0 saturated heterocycles. The van der Waals surface area contributed by atoms with Crippen LogP contribution in [-0.4, -0.2) is 30.3 Å². The summed E-state index contributed by atoms with van der Waals surface area (Å²) < 4.78 is 10.1. The van der Waals surface area contributed by atoms with Crippen molar-refractivity contribution in [3.05, 3.63) is 39.7 Å². The summed E-state index contributed by atoms with van der Waals surface area (Å²) in [6.45, 7) is 0. The Morgan fingerprint density at radius 1 is 1.33 bits per heavy atom. The van der Waals surface area contributed by atoms with Crippen molar-refractivity contribution < 1.29 is 14.6 Å². The summed E-state index contributed by atoms with van der Waals surface area (Å²) in [6, 6.07) is 3.10. The fraction of sp³-hybridized carbons (Fsp3) is 0.250. The number of nitrogens with two attached hydrogens (primary N) is 1. The van der Waals surface area contributed by atoms with E-state index in [2.05, 4.69) is 10.5 Å². The Kier molecular flexibility index (Phi) is 4.66. The SMILES string of the molecule is COC1=CC(OC)=NN(C(O)c2ccc(Cl)c(Cl)c2N)N1. The molecule has 0 aromatic heterocycles. The van der Waals surface area contributed by atoms with Crippen molar-refractivity contribution in [1.29, 1.82) is 0 Å². The van der Waals surface area contributed by atoms with Crippen LogP contribution in [0.4, 0.5) is 5.69 Å². The summed E-state index contributed by atoms with van der Waals surface area (Å²) in [7, 11) is 2.92. The van der Waals surface area contributed by atoms with Crippen molar-refractivity contribution in [1.82, 2.24) is 10.5 Å². The molecule has 0 amide bonds. The Labute approximate surface area is 131 Å². The topological polar surface area (TPSA) is 92.3 Å². The average Bonchev–Trinajstić information content (AvgIpc) is 2.51. The normalized spacial score (nSPS) is 15.8. The molecule has 0 bridgehead atoms. The second-order valence-electron chi connectivity index (χ2n) is 4.05. The lowest BCUT2D eigenvalue weighted by molar-refractivity contribution is -0.0416. The first-order valence-electron chi connectivity index (χ1n) is 5.83. The maximum absolute atomic E-state index is 10.4. The molecule has 4 N–H and O–H groups in total. The van der Waals surface area contributed by atoms with Crippen LogP contribution < -0.4 is 11.2 Å². The number of rotatable bonds is 3. The summed E-state index contributed by atoms with van der Waals surface area (Å²) in [5, 5.41) is 16.1. The molecule has 9 heteroatoms. The van der Waals surface area contributed by atoms with E-state index >= 15 is 0 Å². The maximum Gasteiger partial charge on any atom is 0.238 e. The van der Waals surface area contributed by atoms with Crippen LogP contribution in [0.2, 0.25) is 10.0 Å². The second kappa shape index (κ2) is 6.30. The van der Waals surface area contributed by atoms with E-state index in [4.69, 9.17) is 38.4 Å². The van der Waals surface area contributed by atoms with Crippen LogP contribution in [0.5, 0.6) is 0 Å². The quantitative estimate of drug-likeness (QED) is 0.731. The van der Waals surface area contributed by atoms with E-state index in [1.807, 2.05) is 0 Å². The summed E-state index contributed by atoms with van der Waals surface area (Å²) in [4.78, 5) is 0. The number of hydrogen-bond donors (Lipinski definition) is 3. The first-order chi connectivity index (χ1) is 9.97. The molecule has 1 aliphatic heterocycles. The van der Waals surface area contributed by atoms with E-state index in [0.717, 1.165) is 5.12 Å². The molecule has 21 heavy (non-hydrogen) atoms. The number of aliphatic hydroxyl groups excluding tert-OH is 1. The molecule has 1 atom stereocenters. The zero-order valence-corrected chi connectivity index (χ0v) is 12.8. The highest BCUT2D eigenvalue weighted by molar-refractivity contribution is 6.43. The molecule has 0 spiro atoms. The van der Waals surface area contributed by atoms with Crippen molar-refractivity contribution in [3.63, 3.8) is 0 Å². The number of ether oxygens (including phenoxy) is 2. The highest BCUT2D eigenvalue weighted by Crippen LogP contribution is 2.34. The molecule has 0 fully saturated rings. The number of hydrazone groups is 1. The molecule has 1 aromatic carbocycles. The van der Waals surface area contributed by atoms with Crippen LogP contribution in [0, 0.1) is 0 Å². The molecule has 0 aliphatic carbocycles. The van der Waals surface area contributed by atoms with E-state index in [1.165, 1.54) is 26.4 Å². The average molecular weight is 333 g/mol. The van der Waals surface area contributed by atoms with Gasteiger partial charge in [-0.15, -0.1) is 5.10 Å². The van der Waals surface area contributed by atoms with Crippen LogP contribution >= 0.6 is 23.2 Å². The van der Waals surface area contributed by atoms with Gasteiger partial charge in [-0.05, 0) is 6.07 Å². The lowest BCUT2D eigenvalue weighted by atomic mass is 10.1. The number of benzene rings is 1. The number of methoxy groups -OCH3 is 2. The van der Waals surface area contributed by atoms with Gasteiger partial charge < -0.3 is 20.3 Å². The molecule has 1 aliphatic rings. The number of nitrogen functional groups attached to an aromatic ring is 1. The number of nitrogens with zero attached hydrogens (tertiary/aromatic N) is 2. The van der Waals surface area contributed by atoms with Gasteiger partial charge in [-0.1, -0.05) is 29.3 Å². The summed E-state index contributed by atoms with van der Waals surface area (Å²) in [5.74, 6) is 0.600. The van der Waals surface area contributed by atoms with E-state index in [9.17, 15) is 5.11 Å². The number of anilines is 1. The maximum atomic E-state index is 10.4. The Hall–Kier alpha value is -1.83. The summed E-state index contributed by atoms with van der Waals surface area (Å²) >= 11 is 11.8. The molecule has 1 heterocycles. The fourth-order valence-electron chi connectivity index (χ4n) is 1.68. The third-order valence-electron chi connectivity index (χ3n) is 2.79. The van der Waals surface area contributed by atoms with Crippen molar-refractivity contribution in [2.45, 2.75) is 6.23 Å². The summed E-state index contributed by atoms with van der Waals surface area (Å²) in [5.41, 5.74) is 9.13. The van der Waals surface area contributed by atoms with Crippen LogP contribution in [0.15, 0.2) is 29.2 Å². The molecule has 1 aromatic rings. The third kappa shape index (κ3) is 3.10. The number of hydrazine groups is 1. The molecular formula is C12H14Cl2N4O3. The lowest BCUT2D eigenvalue weighted by Gasteiger charge is -2.30. The number of halogens is 2. The van der Waals surface area contributed by atoms with Crippen molar-refractivity contribution in [3.8, 4) is 0 Å². The van der Waals surface area contributed by atoms with Gasteiger partial charge in [0.15, 0.2) is 6.23 Å². The summed E-state index contributed by atoms with van der Waals surface area (Å²) in [6.07, 6.45) is 0.310. The number of aliphatic hydroxyl groups is 1. The van der Waals surface area contributed by atoms with E-state index < -0.39 is 6.23 Å². The standard InChI is InChI=1S/C12H14Cl2N4O3/c1-20-8-5-9(21-2)17-18(16-8)12(19)6-3-4-7(13)10(14)11(6)15/h3-5,12,16,19H,15H2,1-2H3. The highest BCUT2D eigenvalue weighted by Gasteiger charge is 2.25. The monoisotopic (exact) mass is 332 g/mol. The first kappa shape index (κ1) is 15.6. The minimum absolute atomic E-state index is 0.168. The van der Waals surface area contributed by atoms with Gasteiger partial charge in [0, 0.05) is 5.56 Å². The van der Waals surface area contributed by atoms with Crippen molar-refractivity contribution >= 4 is 34.8 Å². The molecule has 0 saturated carbocycles. The molecule has 114 valence electrons. The van der Waals surface area contributed by atoms with Gasteiger partial charge in [0.1, 0.15) is 0 Å². The van der Waals surface area contributed by atoms with Gasteiger partial charge >= 0.3 is 0 Å². The Morgan fingerprint density at radius 2 is 2.05 bits per heavy atom. The predicted molar refractivity (Wildman–Crippen MR) is 80.3 cm³/mol. The number of hydrogen-bond acceptors (Lipinski definition) is 7. The predicted octanol–water partition coefficient (Wildman–Crippen LogP) is 1.83. The Balaban J connectivity index is 2.33. The van der Waals surface area contributed by atoms with E-state index in [-0.39, 0.29) is 16.6 Å². The van der Waals surface area contributed by atoms with Gasteiger partial charge in [0.25, 0.3) is 0 Å². The molecule has 1 unspecified atom stereocenters. The highest BCUT2D eigenvalue weighted by atomic mass is 35.5. The van der Waals surface area contributed by atoms with E-state index in [0.29, 0.717) is 16.5 Å². The zero-order chi connectivity index (χ0) is 15.6. The van der Waals surface area contributed by atoms with Crippen LogP contribution in [0.25, 0.3) is 0 Å². The van der Waals surface area contributed by atoms with Crippen molar-refractivity contribution in [2.75, 3.05) is 20.0 Å². The fourth-order valence-corrected chi connectivity index (χ4v) is 2.01. The van der Waals surface area contributed by atoms with Gasteiger partial charge in [-0.2, -0.15) is 5.12 Å². The lowest BCUT2D eigenvalue weighted by Crippen LogP contribution is -2.40. The van der Waals surface area contributed by atoms with Crippen molar-refractivity contribution in [2.24, 2.45) is 5.10 Å². The molecule has 2 rings (SSSR count). The third-order valence-corrected chi connectivity index (χ3v) is 3.61. The second-order valence-corrected chi connectivity index (χ2v) is 4.83. The molecular weight excluding hydrogens is 319 g/mol. The molecule has 0 radical (unpaired) electrons. The van der Waals surface area contributed by atoms with Gasteiger partial charge in [-0.25, -0.2) is 5.43 Å². The van der Waals surface area contributed by atoms with Crippen LogP contribution in [0.1, 0.15) is 11.8 Å². The minimum Gasteiger partial charge on any atom is -0.481 e. The largest absolute Gasteiger partial charge is 0.481 e. The van der Waals surface area contributed by atoms with Crippen LogP contribution in [0.3, 0.4) is 0 Å². The minimum atomic E-state index is -1.22. The molecule has 7 nitrogen and oxygen atoms in total. The zero-order valence-electron chi connectivity index (χ0n) is 11.3. The van der Waals surface area contributed by atoms with Gasteiger partial charge in [0.2, 0.25) is 11.8 Å².